The number of nitrogens with one attached hydrogen (secondary N) is 2. The molecule has 6 nitrogen and oxygen atoms in total. The van der Waals surface area contributed by atoms with Crippen molar-refractivity contribution in [2.24, 2.45) is 0 Å². The Kier molecular flexibility index (Phi) is 4.54. The second kappa shape index (κ2) is 4.62. The minimum Gasteiger partial charge on any atom is -0.394 e. The van der Waals surface area contributed by atoms with Crippen LogP contribution in [-0.2, 0) is 10.2 Å². The van der Waals surface area contributed by atoms with Crippen molar-refractivity contribution >= 4 is 10.2 Å². The summed E-state index contributed by atoms with van der Waals surface area (Å²) in [5.74, 6) is 0. The Morgan fingerprint density at radius 2 is 2.09 bits per heavy atom. The Morgan fingerprint density at radius 3 is 2.45 bits per heavy atom. The molecule has 0 fully saturated rings. The van der Waals surface area contributed by atoms with Crippen LogP contribution >= 0.6 is 0 Å². The van der Waals surface area contributed by atoms with Crippen molar-refractivity contribution in [3.8, 4) is 0 Å². The molecule has 11 heavy (non-hydrogen) atoms. The van der Waals surface area contributed by atoms with Gasteiger partial charge in [-0.3, -0.25) is 0 Å². The fourth-order valence-electron chi connectivity index (χ4n) is 0.343. The van der Waals surface area contributed by atoms with Crippen molar-refractivity contribution in [2.45, 2.75) is 6.10 Å². The number of hydrogen-bond donors (Lipinski definition) is 4. The summed E-state index contributed by atoms with van der Waals surface area (Å²) in [7, 11) is -2.25. The summed E-state index contributed by atoms with van der Waals surface area (Å²) >= 11 is 0. The van der Waals surface area contributed by atoms with E-state index in [4.69, 9.17) is 10.2 Å². The lowest BCUT2D eigenvalue weighted by Gasteiger charge is -2.07. The SMILES string of the molecule is CNS(=O)(=O)NCC(O)CO. The van der Waals surface area contributed by atoms with Crippen LogP contribution in [0.3, 0.4) is 0 Å². The maximum Gasteiger partial charge on any atom is 0.276 e. The lowest BCUT2D eigenvalue weighted by Crippen LogP contribution is -2.39. The summed E-state index contributed by atoms with van der Waals surface area (Å²) in [6.45, 7) is -0.661. The monoisotopic (exact) mass is 184 g/mol. The summed E-state index contributed by atoms with van der Waals surface area (Å²) in [6.07, 6.45) is -1.06. The number of rotatable bonds is 5. The van der Waals surface area contributed by atoms with Crippen LogP contribution < -0.4 is 9.44 Å². The van der Waals surface area contributed by atoms with Crippen molar-refractivity contribution in [1.82, 2.24) is 9.44 Å². The fraction of sp³-hybridized carbons (Fsp3) is 1.00. The third-order valence-electron chi connectivity index (χ3n) is 0.988. The molecule has 0 spiro atoms. The van der Waals surface area contributed by atoms with Crippen LogP contribution in [0, 0.1) is 0 Å². The zero-order chi connectivity index (χ0) is 8.91. The van der Waals surface area contributed by atoms with Gasteiger partial charge in [0.2, 0.25) is 0 Å². The van der Waals surface area contributed by atoms with E-state index in [0.29, 0.717) is 0 Å². The van der Waals surface area contributed by atoms with E-state index in [1.807, 2.05) is 9.44 Å². The van der Waals surface area contributed by atoms with Crippen LogP contribution in [-0.4, -0.2) is 44.9 Å². The molecule has 0 heterocycles. The van der Waals surface area contributed by atoms with Gasteiger partial charge in [-0.05, 0) is 0 Å². The Labute approximate surface area is 65.4 Å². The Morgan fingerprint density at radius 1 is 1.55 bits per heavy atom. The fourth-order valence-corrected chi connectivity index (χ4v) is 0.899. The number of aliphatic hydroxyl groups excluding tert-OH is 2. The second-order valence-corrected chi connectivity index (χ2v) is 3.60. The van der Waals surface area contributed by atoms with E-state index >= 15 is 0 Å². The maximum atomic E-state index is 10.6. The zero-order valence-electron chi connectivity index (χ0n) is 6.11. The third kappa shape index (κ3) is 5.10. The topological polar surface area (TPSA) is 98.7 Å². The molecule has 0 rings (SSSR count). The highest BCUT2D eigenvalue weighted by Crippen LogP contribution is 1.79. The molecule has 0 aliphatic carbocycles. The zero-order valence-corrected chi connectivity index (χ0v) is 6.93. The molecule has 0 saturated carbocycles. The molecule has 0 aromatic rings. The first-order valence-electron chi connectivity index (χ1n) is 2.99. The molecule has 0 saturated heterocycles. The van der Waals surface area contributed by atoms with Crippen molar-refractivity contribution in [1.29, 1.82) is 0 Å². The molecule has 0 aliphatic rings. The Bertz CT molecular complexity index is 190. The van der Waals surface area contributed by atoms with Gasteiger partial charge < -0.3 is 10.2 Å². The molecule has 0 amide bonds. The lowest BCUT2D eigenvalue weighted by molar-refractivity contribution is 0.0988. The predicted molar refractivity (Wildman–Crippen MR) is 39.1 cm³/mol. The van der Waals surface area contributed by atoms with E-state index in [1.165, 1.54) is 7.05 Å². The molecule has 0 aromatic carbocycles. The van der Waals surface area contributed by atoms with Crippen LogP contribution in [0.2, 0.25) is 0 Å². The number of aliphatic hydroxyl groups is 2. The molecular formula is C4H12N2O4S. The first-order chi connectivity index (χ1) is 5.02. The largest absolute Gasteiger partial charge is 0.394 e. The van der Waals surface area contributed by atoms with Crippen molar-refractivity contribution < 1.29 is 18.6 Å². The van der Waals surface area contributed by atoms with Gasteiger partial charge in [-0.1, -0.05) is 0 Å². The van der Waals surface area contributed by atoms with Crippen LogP contribution in [0.4, 0.5) is 0 Å². The smallest absolute Gasteiger partial charge is 0.276 e. The van der Waals surface area contributed by atoms with Gasteiger partial charge in [-0.25, -0.2) is 4.72 Å². The van der Waals surface area contributed by atoms with Crippen molar-refractivity contribution in [3.05, 3.63) is 0 Å². The van der Waals surface area contributed by atoms with Gasteiger partial charge in [0.1, 0.15) is 0 Å². The normalized spacial score (nSPS) is 14.8. The summed E-state index contributed by atoms with van der Waals surface area (Å²) < 4.78 is 25.2. The van der Waals surface area contributed by atoms with Crippen molar-refractivity contribution in [3.63, 3.8) is 0 Å². The van der Waals surface area contributed by atoms with Gasteiger partial charge in [0, 0.05) is 13.6 Å². The van der Waals surface area contributed by atoms with Gasteiger partial charge in [0.05, 0.1) is 12.7 Å². The highest BCUT2D eigenvalue weighted by molar-refractivity contribution is 7.87. The Balaban J connectivity index is 3.71. The van der Waals surface area contributed by atoms with E-state index in [2.05, 4.69) is 0 Å². The molecule has 1 unspecified atom stereocenters. The molecule has 0 aliphatic heterocycles. The summed E-state index contributed by atoms with van der Waals surface area (Å²) in [5.41, 5.74) is 0. The molecule has 68 valence electrons. The summed E-state index contributed by atoms with van der Waals surface area (Å²) in [4.78, 5) is 0. The first-order valence-corrected chi connectivity index (χ1v) is 4.47. The number of hydrogen-bond acceptors (Lipinski definition) is 4. The van der Waals surface area contributed by atoms with E-state index in [-0.39, 0.29) is 6.54 Å². The van der Waals surface area contributed by atoms with Crippen LogP contribution in [0.25, 0.3) is 0 Å². The quantitative estimate of drug-likeness (QED) is 0.376. The minimum atomic E-state index is -3.50. The molecule has 1 atom stereocenters. The van der Waals surface area contributed by atoms with Gasteiger partial charge in [-0.2, -0.15) is 13.1 Å². The average molecular weight is 184 g/mol. The van der Waals surface area contributed by atoms with Gasteiger partial charge >= 0.3 is 0 Å². The molecular weight excluding hydrogens is 172 g/mol. The average Bonchev–Trinajstić information content (AvgIpc) is 2.00. The lowest BCUT2D eigenvalue weighted by atomic mass is 10.4. The van der Waals surface area contributed by atoms with Gasteiger partial charge in [0.25, 0.3) is 10.2 Å². The van der Waals surface area contributed by atoms with Crippen LogP contribution in [0.1, 0.15) is 0 Å². The Hall–Kier alpha value is -0.210. The summed E-state index contributed by atoms with van der Waals surface area (Å²) in [5, 5.41) is 17.0. The van der Waals surface area contributed by atoms with E-state index < -0.39 is 22.9 Å². The van der Waals surface area contributed by atoms with Gasteiger partial charge in [-0.15, -0.1) is 0 Å². The minimum absolute atomic E-state index is 0.195. The highest BCUT2D eigenvalue weighted by atomic mass is 32.2. The van der Waals surface area contributed by atoms with Crippen LogP contribution in [0.5, 0.6) is 0 Å². The van der Waals surface area contributed by atoms with Crippen LogP contribution in [0.15, 0.2) is 0 Å². The standard InChI is InChI=1S/C4H12N2O4S/c1-5-11(9,10)6-2-4(8)3-7/h4-8H,2-3H2,1H3. The van der Waals surface area contributed by atoms with Crippen molar-refractivity contribution in [2.75, 3.05) is 20.2 Å². The first kappa shape index (κ1) is 10.8. The molecule has 7 heteroatoms. The molecule has 0 bridgehead atoms. The summed E-state index contributed by atoms with van der Waals surface area (Å²) in [6, 6.07) is 0. The van der Waals surface area contributed by atoms with E-state index in [9.17, 15) is 8.42 Å². The van der Waals surface area contributed by atoms with Gasteiger partial charge in [0.15, 0.2) is 0 Å². The highest BCUT2D eigenvalue weighted by Gasteiger charge is 2.08. The molecule has 4 N–H and O–H groups in total. The second-order valence-electron chi connectivity index (χ2n) is 1.89. The molecule has 0 aromatic heterocycles. The third-order valence-corrected chi connectivity index (χ3v) is 2.07. The van der Waals surface area contributed by atoms with E-state index in [1.54, 1.807) is 0 Å². The predicted octanol–water partition coefficient (Wildman–Crippen LogP) is -2.61. The molecule has 0 radical (unpaired) electrons. The maximum absolute atomic E-state index is 10.6. The van der Waals surface area contributed by atoms with E-state index in [0.717, 1.165) is 0 Å².